The molecule has 3 rings (SSSR count). The van der Waals surface area contributed by atoms with Crippen molar-refractivity contribution < 1.29 is 14.3 Å². The quantitative estimate of drug-likeness (QED) is 0.879. The van der Waals surface area contributed by atoms with Gasteiger partial charge in [-0.25, -0.2) is 4.79 Å². The molecule has 0 saturated carbocycles. The van der Waals surface area contributed by atoms with Crippen LogP contribution in [0.2, 0.25) is 0 Å². The van der Waals surface area contributed by atoms with E-state index in [0.717, 1.165) is 40.7 Å². The van der Waals surface area contributed by atoms with Crippen LogP contribution in [0.25, 0.3) is 11.1 Å². The fourth-order valence-corrected chi connectivity index (χ4v) is 3.59. The zero-order valence-corrected chi connectivity index (χ0v) is 15.9. The maximum atomic E-state index is 12.4. The molecule has 0 atom stereocenters. The highest BCUT2D eigenvalue weighted by molar-refractivity contribution is 5.98. The van der Waals surface area contributed by atoms with Crippen LogP contribution < -0.4 is 5.73 Å². The number of nitrogens with zero attached hydrogens (tertiary/aromatic N) is 1. The van der Waals surface area contributed by atoms with E-state index in [1.54, 1.807) is 11.0 Å². The number of rotatable bonds is 2. The third kappa shape index (κ3) is 3.52. The number of benzene rings is 1. The summed E-state index contributed by atoms with van der Waals surface area (Å²) >= 11 is 0. The Labute approximate surface area is 154 Å². The first-order valence-corrected chi connectivity index (χ1v) is 8.97. The molecule has 5 heteroatoms. The monoisotopic (exact) mass is 354 g/mol. The molecule has 0 unspecified atom stereocenters. The summed E-state index contributed by atoms with van der Waals surface area (Å²) in [4.78, 5) is 25.9. The molecule has 2 aliphatic rings. The molecule has 1 aromatic carbocycles. The number of fused-ring (bicyclic) bond motifs is 1. The number of ether oxygens (including phenoxy) is 1. The molecule has 1 aromatic rings. The van der Waals surface area contributed by atoms with Crippen LogP contribution in [0.15, 0.2) is 24.3 Å². The van der Waals surface area contributed by atoms with E-state index < -0.39 is 11.5 Å². The lowest BCUT2D eigenvalue weighted by Gasteiger charge is -2.31. The zero-order chi connectivity index (χ0) is 19.1. The molecular weight excluding hydrogens is 328 g/mol. The predicted octanol–water partition coefficient (Wildman–Crippen LogP) is 3.77. The van der Waals surface area contributed by atoms with Crippen molar-refractivity contribution in [2.75, 3.05) is 13.1 Å². The summed E-state index contributed by atoms with van der Waals surface area (Å²) in [5, 5.41) is 0. The minimum Gasteiger partial charge on any atom is -0.444 e. The first-order valence-electron chi connectivity index (χ1n) is 8.97. The van der Waals surface area contributed by atoms with Gasteiger partial charge in [-0.15, -0.1) is 0 Å². The second kappa shape index (κ2) is 6.63. The second-order valence-electron chi connectivity index (χ2n) is 7.89. The van der Waals surface area contributed by atoms with Gasteiger partial charge in [0.25, 0.3) is 0 Å². The van der Waals surface area contributed by atoms with E-state index in [2.05, 4.69) is 19.1 Å². The molecule has 26 heavy (non-hydrogen) atoms. The van der Waals surface area contributed by atoms with Crippen LogP contribution in [0.3, 0.4) is 0 Å². The maximum Gasteiger partial charge on any atom is 0.410 e. The second-order valence-corrected chi connectivity index (χ2v) is 7.89. The number of carbonyl (C=O) groups is 2. The van der Waals surface area contributed by atoms with Gasteiger partial charge in [0.05, 0.1) is 0 Å². The highest BCUT2D eigenvalue weighted by Crippen LogP contribution is 2.37. The van der Waals surface area contributed by atoms with Crippen molar-refractivity contribution in [2.45, 2.75) is 46.1 Å². The van der Waals surface area contributed by atoms with Crippen molar-refractivity contribution >= 4 is 23.1 Å². The fourth-order valence-electron chi connectivity index (χ4n) is 3.59. The number of carbonyl (C=O) groups excluding carboxylic acids is 2. The lowest BCUT2D eigenvalue weighted by Crippen LogP contribution is -2.39. The minimum absolute atomic E-state index is 0.291. The molecule has 0 spiro atoms. The van der Waals surface area contributed by atoms with Crippen LogP contribution in [0, 0.1) is 0 Å². The number of hydrogen-bond acceptors (Lipinski definition) is 3. The number of nitrogens with two attached hydrogens (primary N) is 1. The van der Waals surface area contributed by atoms with Gasteiger partial charge >= 0.3 is 6.09 Å². The van der Waals surface area contributed by atoms with Gasteiger partial charge in [0.1, 0.15) is 5.60 Å². The van der Waals surface area contributed by atoms with Gasteiger partial charge in [-0.2, -0.15) is 0 Å². The van der Waals surface area contributed by atoms with E-state index in [1.807, 2.05) is 26.8 Å². The Kier molecular flexibility index (Phi) is 4.65. The highest BCUT2D eigenvalue weighted by atomic mass is 16.6. The average Bonchev–Trinajstić information content (AvgIpc) is 2.94. The van der Waals surface area contributed by atoms with Crippen LogP contribution in [0.5, 0.6) is 0 Å². The van der Waals surface area contributed by atoms with E-state index in [-0.39, 0.29) is 6.09 Å². The normalized spacial score (nSPS) is 16.7. The predicted molar refractivity (Wildman–Crippen MR) is 103 cm³/mol. The summed E-state index contributed by atoms with van der Waals surface area (Å²) < 4.78 is 5.51. The number of primary amides is 1. The SMILES string of the molecule is CC1=CCc2c(C(N)=O)ccc(C3=CCCN(C(=O)OC(C)(C)C)C3)c21. The lowest BCUT2D eigenvalue weighted by atomic mass is 9.89. The van der Waals surface area contributed by atoms with E-state index in [4.69, 9.17) is 10.5 Å². The van der Waals surface area contributed by atoms with Crippen LogP contribution in [0.4, 0.5) is 4.79 Å². The summed E-state index contributed by atoms with van der Waals surface area (Å²) in [6, 6.07) is 3.75. The maximum absolute atomic E-state index is 12.4. The number of hydrogen-bond donors (Lipinski definition) is 1. The Morgan fingerprint density at radius 3 is 2.58 bits per heavy atom. The molecule has 2 amide bonds. The summed E-state index contributed by atoms with van der Waals surface area (Å²) in [7, 11) is 0. The molecule has 0 bridgehead atoms. The van der Waals surface area contributed by atoms with Crippen molar-refractivity contribution in [3.63, 3.8) is 0 Å². The van der Waals surface area contributed by atoms with Crippen LogP contribution in [0.1, 0.15) is 61.2 Å². The summed E-state index contributed by atoms with van der Waals surface area (Å²) in [6.07, 6.45) is 5.50. The Morgan fingerprint density at radius 1 is 1.19 bits per heavy atom. The molecule has 0 aromatic heterocycles. The number of allylic oxidation sites excluding steroid dienone is 2. The Morgan fingerprint density at radius 2 is 1.92 bits per heavy atom. The molecule has 1 aliphatic carbocycles. The Hall–Kier alpha value is -2.56. The molecule has 0 fully saturated rings. The molecular formula is C21H26N2O3. The molecule has 5 nitrogen and oxygen atoms in total. The van der Waals surface area contributed by atoms with Crippen molar-refractivity contribution in [3.8, 4) is 0 Å². The molecule has 1 aliphatic heterocycles. The van der Waals surface area contributed by atoms with E-state index in [1.165, 1.54) is 0 Å². The molecule has 0 saturated heterocycles. The molecule has 2 N–H and O–H groups in total. The largest absolute Gasteiger partial charge is 0.444 e. The first kappa shape index (κ1) is 18.2. The van der Waals surface area contributed by atoms with E-state index in [9.17, 15) is 9.59 Å². The average molecular weight is 354 g/mol. The summed E-state index contributed by atoms with van der Waals surface area (Å²) in [6.45, 7) is 8.81. The van der Waals surface area contributed by atoms with Gasteiger partial charge in [-0.3, -0.25) is 4.79 Å². The van der Waals surface area contributed by atoms with Crippen molar-refractivity contribution in [2.24, 2.45) is 5.73 Å². The minimum atomic E-state index is -0.512. The third-order valence-corrected chi connectivity index (χ3v) is 4.73. The third-order valence-electron chi connectivity index (χ3n) is 4.73. The topological polar surface area (TPSA) is 72.6 Å². The zero-order valence-electron chi connectivity index (χ0n) is 15.9. The van der Waals surface area contributed by atoms with Gasteiger partial charge in [-0.1, -0.05) is 18.2 Å². The van der Waals surface area contributed by atoms with Crippen LogP contribution >= 0.6 is 0 Å². The Balaban J connectivity index is 1.92. The lowest BCUT2D eigenvalue weighted by molar-refractivity contribution is 0.0273. The number of amides is 2. The highest BCUT2D eigenvalue weighted by Gasteiger charge is 2.27. The van der Waals surface area contributed by atoms with E-state index >= 15 is 0 Å². The summed E-state index contributed by atoms with van der Waals surface area (Å²) in [5.74, 6) is -0.399. The van der Waals surface area contributed by atoms with Gasteiger partial charge in [0, 0.05) is 18.7 Å². The smallest absolute Gasteiger partial charge is 0.410 e. The van der Waals surface area contributed by atoms with Crippen molar-refractivity contribution in [1.82, 2.24) is 4.90 Å². The summed E-state index contributed by atoms with van der Waals surface area (Å²) in [5.41, 5.74) is 11.0. The standard InChI is InChI=1S/C21H26N2O3/c1-13-7-8-16-17(19(22)24)10-9-15(18(13)16)14-6-5-11-23(12-14)20(25)26-21(2,3)4/h6-7,9-10H,5,8,11-12H2,1-4H3,(H2,22,24). The Bertz CT molecular complexity index is 828. The van der Waals surface area contributed by atoms with Crippen molar-refractivity contribution in [1.29, 1.82) is 0 Å². The van der Waals surface area contributed by atoms with Crippen molar-refractivity contribution in [3.05, 3.63) is 46.5 Å². The fraction of sp³-hybridized carbons (Fsp3) is 0.429. The first-order chi connectivity index (χ1) is 12.2. The van der Waals surface area contributed by atoms with Gasteiger partial charge in [0.15, 0.2) is 0 Å². The molecule has 1 heterocycles. The molecule has 138 valence electrons. The van der Waals surface area contributed by atoms with E-state index in [0.29, 0.717) is 18.7 Å². The van der Waals surface area contributed by atoms with Gasteiger partial charge < -0.3 is 15.4 Å². The van der Waals surface area contributed by atoms with Gasteiger partial charge in [-0.05, 0) is 74.4 Å². The van der Waals surface area contributed by atoms with Crippen LogP contribution in [-0.4, -0.2) is 35.6 Å². The van der Waals surface area contributed by atoms with Crippen LogP contribution in [-0.2, 0) is 11.2 Å². The molecule has 0 radical (unpaired) electrons. The van der Waals surface area contributed by atoms with Gasteiger partial charge in [0.2, 0.25) is 5.91 Å².